The highest BCUT2D eigenvalue weighted by molar-refractivity contribution is 6.64. The molecule has 0 bridgehead atoms. The summed E-state index contributed by atoms with van der Waals surface area (Å²) < 4.78 is 4.54. The Morgan fingerprint density at radius 1 is 1.33 bits per heavy atom. The molecule has 68 valence electrons. The third-order valence-electron chi connectivity index (χ3n) is 2.53. The van der Waals surface area contributed by atoms with Gasteiger partial charge < -0.3 is 4.74 Å². The SMILES string of the molecule is COC(=O)[C@H]1[C@H](C(=O)Cl)C1(C)C. The summed E-state index contributed by atoms with van der Waals surface area (Å²) in [6.45, 7) is 3.67. The standard InChI is InChI=1S/C8H11ClO3/c1-8(2)4(6(9)10)5(8)7(11)12-3/h4-5H,1-3H3/t4-,5-/m1/s1. The highest BCUT2D eigenvalue weighted by Gasteiger charge is 2.65. The van der Waals surface area contributed by atoms with Crippen LogP contribution in [0.25, 0.3) is 0 Å². The van der Waals surface area contributed by atoms with Gasteiger partial charge in [-0.1, -0.05) is 13.8 Å². The molecule has 1 fully saturated rings. The summed E-state index contributed by atoms with van der Waals surface area (Å²) in [5, 5.41) is -0.449. The minimum atomic E-state index is -0.449. The molecule has 0 saturated heterocycles. The van der Waals surface area contributed by atoms with Gasteiger partial charge in [-0.05, 0) is 17.0 Å². The van der Waals surface area contributed by atoms with E-state index in [0.29, 0.717) is 0 Å². The molecule has 0 amide bonds. The van der Waals surface area contributed by atoms with Gasteiger partial charge in [-0.25, -0.2) is 0 Å². The number of hydrogen-bond donors (Lipinski definition) is 0. The molecule has 2 atom stereocenters. The molecular weight excluding hydrogens is 180 g/mol. The smallest absolute Gasteiger partial charge is 0.310 e. The largest absolute Gasteiger partial charge is 0.469 e. The summed E-state index contributed by atoms with van der Waals surface area (Å²) in [6.07, 6.45) is 0. The van der Waals surface area contributed by atoms with Crippen LogP contribution in [0.2, 0.25) is 0 Å². The van der Waals surface area contributed by atoms with E-state index in [9.17, 15) is 9.59 Å². The number of hydrogen-bond acceptors (Lipinski definition) is 3. The molecule has 1 aliphatic rings. The normalized spacial score (nSPS) is 31.0. The Balaban J connectivity index is 2.73. The Bertz CT molecular complexity index is 234. The van der Waals surface area contributed by atoms with Crippen LogP contribution in [0.4, 0.5) is 0 Å². The third-order valence-corrected chi connectivity index (χ3v) is 2.76. The van der Waals surface area contributed by atoms with E-state index >= 15 is 0 Å². The summed E-state index contributed by atoms with van der Waals surface area (Å²) in [5.41, 5.74) is -0.327. The number of halogens is 1. The predicted molar refractivity (Wildman–Crippen MR) is 43.6 cm³/mol. The van der Waals surface area contributed by atoms with Gasteiger partial charge in [-0.15, -0.1) is 0 Å². The molecule has 1 aliphatic carbocycles. The molecule has 0 aromatic rings. The highest BCUT2D eigenvalue weighted by Crippen LogP contribution is 2.59. The lowest BCUT2D eigenvalue weighted by Gasteiger charge is -1.98. The first kappa shape index (κ1) is 9.52. The zero-order valence-corrected chi connectivity index (χ0v) is 8.01. The number of esters is 1. The first-order valence-electron chi connectivity index (χ1n) is 3.70. The van der Waals surface area contributed by atoms with E-state index in [4.69, 9.17) is 11.6 Å². The van der Waals surface area contributed by atoms with Crippen LogP contribution >= 0.6 is 11.6 Å². The van der Waals surface area contributed by atoms with Crippen molar-refractivity contribution in [2.75, 3.05) is 7.11 Å². The first-order valence-corrected chi connectivity index (χ1v) is 4.08. The van der Waals surface area contributed by atoms with Crippen LogP contribution in [0.1, 0.15) is 13.8 Å². The molecule has 1 saturated carbocycles. The highest BCUT2D eigenvalue weighted by atomic mass is 35.5. The number of rotatable bonds is 2. The van der Waals surface area contributed by atoms with E-state index in [1.807, 2.05) is 13.8 Å². The molecule has 0 N–H and O–H groups in total. The maximum atomic E-state index is 11.1. The van der Waals surface area contributed by atoms with Crippen molar-refractivity contribution in [1.29, 1.82) is 0 Å². The van der Waals surface area contributed by atoms with Crippen molar-refractivity contribution < 1.29 is 14.3 Å². The molecule has 0 heterocycles. The number of carbonyl (C=O) groups excluding carboxylic acids is 2. The lowest BCUT2D eigenvalue weighted by Crippen LogP contribution is -2.07. The monoisotopic (exact) mass is 190 g/mol. The molecule has 0 aromatic heterocycles. The fraction of sp³-hybridized carbons (Fsp3) is 0.750. The van der Waals surface area contributed by atoms with Gasteiger partial charge in [0.1, 0.15) is 0 Å². The average Bonchev–Trinajstić information content (AvgIpc) is 2.52. The van der Waals surface area contributed by atoms with Gasteiger partial charge >= 0.3 is 5.97 Å². The summed E-state index contributed by atoms with van der Waals surface area (Å²) >= 11 is 5.31. The van der Waals surface area contributed by atoms with Crippen molar-refractivity contribution >= 4 is 22.8 Å². The molecule has 4 heteroatoms. The van der Waals surface area contributed by atoms with Crippen molar-refractivity contribution in [2.24, 2.45) is 17.3 Å². The molecule has 0 unspecified atom stereocenters. The van der Waals surface area contributed by atoms with E-state index in [1.54, 1.807) is 0 Å². The Labute approximate surface area is 76.0 Å². The Morgan fingerprint density at radius 2 is 1.83 bits per heavy atom. The van der Waals surface area contributed by atoms with Gasteiger partial charge in [0.25, 0.3) is 0 Å². The van der Waals surface area contributed by atoms with Gasteiger partial charge in [-0.2, -0.15) is 0 Å². The van der Waals surface area contributed by atoms with Gasteiger partial charge in [0.2, 0.25) is 5.24 Å². The summed E-state index contributed by atoms with van der Waals surface area (Å²) in [6, 6.07) is 0. The topological polar surface area (TPSA) is 43.4 Å². The lowest BCUT2D eigenvalue weighted by atomic mass is 10.1. The zero-order chi connectivity index (χ0) is 9.52. The van der Waals surface area contributed by atoms with E-state index < -0.39 is 5.24 Å². The maximum absolute atomic E-state index is 11.1. The molecule has 0 spiro atoms. The van der Waals surface area contributed by atoms with Crippen molar-refractivity contribution in [3.05, 3.63) is 0 Å². The van der Waals surface area contributed by atoms with Crippen LogP contribution in [0, 0.1) is 17.3 Å². The zero-order valence-electron chi connectivity index (χ0n) is 7.26. The maximum Gasteiger partial charge on any atom is 0.310 e. The van der Waals surface area contributed by atoms with E-state index in [-0.39, 0.29) is 23.2 Å². The van der Waals surface area contributed by atoms with Crippen LogP contribution in [-0.2, 0) is 14.3 Å². The second-order valence-electron chi connectivity index (χ2n) is 3.60. The van der Waals surface area contributed by atoms with Gasteiger partial charge in [-0.3, -0.25) is 9.59 Å². The quantitative estimate of drug-likeness (QED) is 0.486. The number of carbonyl (C=O) groups is 2. The minimum absolute atomic E-state index is 0.327. The predicted octanol–water partition coefficient (Wildman–Crippen LogP) is 1.20. The number of ether oxygens (including phenoxy) is 1. The fourth-order valence-corrected chi connectivity index (χ4v) is 2.04. The molecule has 0 aromatic carbocycles. The van der Waals surface area contributed by atoms with Gasteiger partial charge in [0.05, 0.1) is 18.9 Å². The Kier molecular flexibility index (Phi) is 2.17. The summed E-state index contributed by atoms with van der Waals surface area (Å²) in [5.74, 6) is -1.07. The average molecular weight is 191 g/mol. The summed E-state index contributed by atoms with van der Waals surface area (Å²) in [4.78, 5) is 21.9. The molecule has 0 aliphatic heterocycles. The molecule has 3 nitrogen and oxygen atoms in total. The Morgan fingerprint density at radius 3 is 2.08 bits per heavy atom. The number of methoxy groups -OCH3 is 1. The lowest BCUT2D eigenvalue weighted by molar-refractivity contribution is -0.143. The van der Waals surface area contributed by atoms with Crippen molar-refractivity contribution in [2.45, 2.75) is 13.8 Å². The van der Waals surface area contributed by atoms with E-state index in [0.717, 1.165) is 0 Å². The molecule has 0 radical (unpaired) electrons. The van der Waals surface area contributed by atoms with E-state index in [2.05, 4.69) is 4.74 Å². The third kappa shape index (κ3) is 1.22. The van der Waals surface area contributed by atoms with Gasteiger partial charge in [0, 0.05) is 0 Å². The van der Waals surface area contributed by atoms with Crippen LogP contribution in [0.3, 0.4) is 0 Å². The second kappa shape index (κ2) is 2.73. The fourth-order valence-electron chi connectivity index (χ4n) is 1.63. The van der Waals surface area contributed by atoms with Crippen molar-refractivity contribution in [3.8, 4) is 0 Å². The minimum Gasteiger partial charge on any atom is -0.469 e. The van der Waals surface area contributed by atoms with E-state index in [1.165, 1.54) is 7.11 Å². The first-order chi connectivity index (χ1) is 5.42. The van der Waals surface area contributed by atoms with Crippen LogP contribution in [-0.4, -0.2) is 18.3 Å². The Hall–Kier alpha value is -0.570. The van der Waals surface area contributed by atoms with Crippen LogP contribution in [0.5, 0.6) is 0 Å². The van der Waals surface area contributed by atoms with Crippen molar-refractivity contribution in [3.63, 3.8) is 0 Å². The van der Waals surface area contributed by atoms with Gasteiger partial charge in [0.15, 0.2) is 0 Å². The van der Waals surface area contributed by atoms with Crippen molar-refractivity contribution in [1.82, 2.24) is 0 Å². The molecule has 1 rings (SSSR count). The summed E-state index contributed by atoms with van der Waals surface area (Å²) in [7, 11) is 1.31. The molecular formula is C8H11ClO3. The van der Waals surface area contributed by atoms with Crippen LogP contribution in [0.15, 0.2) is 0 Å². The second-order valence-corrected chi connectivity index (χ2v) is 3.98. The molecule has 12 heavy (non-hydrogen) atoms. The van der Waals surface area contributed by atoms with Crippen LogP contribution < -0.4 is 0 Å².